The van der Waals surface area contributed by atoms with E-state index in [0.29, 0.717) is 0 Å². The van der Waals surface area contributed by atoms with E-state index in [1.165, 1.54) is 0 Å². The Morgan fingerprint density at radius 2 is 1.93 bits per heavy atom. The Morgan fingerprint density at radius 3 is 2.43 bits per heavy atom. The lowest BCUT2D eigenvalue weighted by Crippen LogP contribution is -2.27. The molecule has 0 fully saturated rings. The Labute approximate surface area is 93.4 Å². The molecule has 1 aromatic rings. The van der Waals surface area contributed by atoms with Crippen molar-refractivity contribution >= 4 is 35.1 Å². The lowest BCUT2D eigenvalue weighted by molar-refractivity contribution is -0.110. The summed E-state index contributed by atoms with van der Waals surface area (Å²) in [5.41, 5.74) is 0.736. The Hall–Kier alpha value is -1.06. The molecule has 76 valence electrons. The second-order valence-corrected chi connectivity index (χ2v) is 2.87. The van der Waals surface area contributed by atoms with Crippen LogP contribution in [-0.4, -0.2) is 17.6 Å². The van der Waals surface area contributed by atoms with Crippen LogP contribution in [0.25, 0.3) is 0 Å². The van der Waals surface area contributed by atoms with Crippen LogP contribution >= 0.6 is 24.0 Å². The fourth-order valence-electron chi connectivity index (χ4n) is 0.865. The highest BCUT2D eigenvalue weighted by Gasteiger charge is 2.00. The molecule has 0 aliphatic carbocycles. The molecule has 0 atom stereocenters. The van der Waals surface area contributed by atoms with E-state index in [4.69, 9.17) is 17.0 Å². The van der Waals surface area contributed by atoms with E-state index in [1.807, 2.05) is 18.2 Å². The van der Waals surface area contributed by atoms with E-state index < -0.39 is 5.24 Å². The molecule has 0 saturated heterocycles. The van der Waals surface area contributed by atoms with Crippen LogP contribution in [0.15, 0.2) is 30.3 Å². The first-order chi connectivity index (χ1) is 6.20. The molecule has 0 radical (unpaired) electrons. The van der Waals surface area contributed by atoms with E-state index in [-0.39, 0.29) is 24.8 Å². The summed E-state index contributed by atoms with van der Waals surface area (Å²) in [5.74, 6) is 0.203. The second-order valence-electron chi connectivity index (χ2n) is 2.45. The zero-order chi connectivity index (χ0) is 9.68. The third-order valence-electron chi connectivity index (χ3n) is 1.47. The molecular formula is C9H10Cl2N2O. The van der Waals surface area contributed by atoms with Crippen molar-refractivity contribution < 1.29 is 4.79 Å². The fourth-order valence-corrected chi connectivity index (χ4v) is 0.932. The van der Waals surface area contributed by atoms with Gasteiger partial charge in [-0.3, -0.25) is 10.2 Å². The molecule has 14 heavy (non-hydrogen) atoms. The number of halogens is 2. The highest BCUT2D eigenvalue weighted by molar-refractivity contribution is 6.64. The van der Waals surface area contributed by atoms with Gasteiger partial charge in [0.1, 0.15) is 5.84 Å². The molecule has 1 aromatic carbocycles. The Balaban J connectivity index is 0.00000169. The number of hydrogen-bond donors (Lipinski definition) is 2. The van der Waals surface area contributed by atoms with Crippen LogP contribution in [0.2, 0.25) is 0 Å². The molecule has 0 aliphatic rings. The maximum atomic E-state index is 10.4. The van der Waals surface area contributed by atoms with Crippen LogP contribution in [0.5, 0.6) is 0 Å². The van der Waals surface area contributed by atoms with Gasteiger partial charge in [0.15, 0.2) is 0 Å². The summed E-state index contributed by atoms with van der Waals surface area (Å²) in [7, 11) is 0. The minimum Gasteiger partial charge on any atom is -0.362 e. The summed E-state index contributed by atoms with van der Waals surface area (Å²) in [6.45, 7) is -0.0186. The lowest BCUT2D eigenvalue weighted by atomic mass is 10.2. The van der Waals surface area contributed by atoms with Crippen molar-refractivity contribution in [2.45, 2.75) is 0 Å². The number of rotatable bonds is 3. The molecule has 0 heterocycles. The van der Waals surface area contributed by atoms with Crippen molar-refractivity contribution in [3.63, 3.8) is 0 Å². The van der Waals surface area contributed by atoms with Crippen LogP contribution in [0, 0.1) is 5.41 Å². The van der Waals surface area contributed by atoms with E-state index in [2.05, 4.69) is 5.32 Å². The number of hydrogen-bond acceptors (Lipinski definition) is 2. The minimum atomic E-state index is -0.499. The third-order valence-corrected chi connectivity index (χ3v) is 1.60. The SMILES string of the molecule is Cl.N=C(NCC(=O)Cl)c1ccccc1. The molecule has 3 nitrogen and oxygen atoms in total. The molecule has 5 heteroatoms. The predicted octanol–water partition coefficient (Wildman–Crippen LogP) is 1.79. The van der Waals surface area contributed by atoms with Gasteiger partial charge in [0.25, 0.3) is 0 Å². The molecule has 0 bridgehead atoms. The Bertz CT molecular complexity index is 314. The largest absolute Gasteiger partial charge is 0.362 e. The molecule has 1 rings (SSSR count). The van der Waals surface area contributed by atoms with Gasteiger partial charge in [-0.25, -0.2) is 0 Å². The van der Waals surface area contributed by atoms with Crippen LogP contribution in [-0.2, 0) is 4.79 Å². The third kappa shape index (κ3) is 4.25. The molecule has 0 aliphatic heterocycles. The number of benzene rings is 1. The van der Waals surface area contributed by atoms with Crippen molar-refractivity contribution in [1.82, 2.24) is 5.32 Å². The standard InChI is InChI=1S/C9H9ClN2O.ClH/c10-8(13)6-12-9(11)7-4-2-1-3-5-7;/h1-5H,6H2,(H2,11,12);1H. The average Bonchev–Trinajstić information content (AvgIpc) is 2.15. The topological polar surface area (TPSA) is 53.0 Å². The first-order valence-corrected chi connectivity index (χ1v) is 4.14. The van der Waals surface area contributed by atoms with Crippen molar-refractivity contribution in [2.24, 2.45) is 0 Å². The van der Waals surface area contributed by atoms with Gasteiger partial charge in [-0.05, 0) is 11.6 Å². The summed E-state index contributed by atoms with van der Waals surface area (Å²) in [4.78, 5) is 10.4. The van der Waals surface area contributed by atoms with Gasteiger partial charge < -0.3 is 5.32 Å². The van der Waals surface area contributed by atoms with Crippen molar-refractivity contribution in [2.75, 3.05) is 6.54 Å². The highest BCUT2D eigenvalue weighted by atomic mass is 35.5. The molecule has 2 N–H and O–H groups in total. The van der Waals surface area contributed by atoms with Crippen LogP contribution in [0.3, 0.4) is 0 Å². The summed E-state index contributed by atoms with van der Waals surface area (Å²) in [5, 5.41) is 9.60. The zero-order valence-corrected chi connectivity index (χ0v) is 8.86. The van der Waals surface area contributed by atoms with Gasteiger partial charge in [-0.2, -0.15) is 0 Å². The summed E-state index contributed by atoms with van der Waals surface area (Å²) in [6, 6.07) is 9.09. The van der Waals surface area contributed by atoms with Crippen LogP contribution in [0.4, 0.5) is 0 Å². The van der Waals surface area contributed by atoms with Crippen molar-refractivity contribution in [3.05, 3.63) is 35.9 Å². The molecule has 0 aromatic heterocycles. The van der Waals surface area contributed by atoms with Gasteiger partial charge >= 0.3 is 0 Å². The molecule has 0 amide bonds. The quantitative estimate of drug-likeness (QED) is 0.475. The monoisotopic (exact) mass is 232 g/mol. The highest BCUT2D eigenvalue weighted by Crippen LogP contribution is 1.97. The molecule has 0 unspecified atom stereocenters. The van der Waals surface area contributed by atoms with Crippen molar-refractivity contribution in [1.29, 1.82) is 5.41 Å². The summed E-state index contributed by atoms with van der Waals surface area (Å²) >= 11 is 5.11. The summed E-state index contributed by atoms with van der Waals surface area (Å²) in [6.07, 6.45) is 0. The zero-order valence-electron chi connectivity index (χ0n) is 7.29. The first-order valence-electron chi connectivity index (χ1n) is 3.76. The van der Waals surface area contributed by atoms with Gasteiger partial charge in [-0.1, -0.05) is 30.3 Å². The normalized spacial score (nSPS) is 8.64. The van der Waals surface area contributed by atoms with E-state index >= 15 is 0 Å². The molecule has 0 spiro atoms. The average molecular weight is 233 g/mol. The Kier molecular flexibility index (Phi) is 5.92. The van der Waals surface area contributed by atoms with E-state index in [1.54, 1.807) is 12.1 Å². The maximum Gasteiger partial charge on any atom is 0.240 e. The van der Waals surface area contributed by atoms with Crippen molar-refractivity contribution in [3.8, 4) is 0 Å². The van der Waals surface area contributed by atoms with E-state index in [0.717, 1.165) is 5.56 Å². The molecular weight excluding hydrogens is 223 g/mol. The number of carbonyl (C=O) groups is 1. The molecule has 0 saturated carbocycles. The fraction of sp³-hybridized carbons (Fsp3) is 0.111. The van der Waals surface area contributed by atoms with Gasteiger partial charge in [0, 0.05) is 5.56 Å². The first kappa shape index (κ1) is 12.9. The number of carbonyl (C=O) groups excluding carboxylic acids is 1. The maximum absolute atomic E-state index is 10.4. The lowest BCUT2D eigenvalue weighted by Gasteiger charge is -2.04. The van der Waals surface area contributed by atoms with Gasteiger partial charge in [0.2, 0.25) is 5.24 Å². The minimum absolute atomic E-state index is 0. The van der Waals surface area contributed by atoms with Crippen LogP contribution in [0.1, 0.15) is 5.56 Å². The number of amidine groups is 1. The number of nitrogens with one attached hydrogen (secondary N) is 2. The van der Waals surface area contributed by atoms with Gasteiger partial charge in [-0.15, -0.1) is 12.4 Å². The smallest absolute Gasteiger partial charge is 0.240 e. The van der Waals surface area contributed by atoms with Gasteiger partial charge in [0.05, 0.1) is 6.54 Å². The van der Waals surface area contributed by atoms with E-state index in [9.17, 15) is 4.79 Å². The Morgan fingerprint density at radius 1 is 1.36 bits per heavy atom. The second kappa shape index (κ2) is 6.40. The van der Waals surface area contributed by atoms with Crippen LogP contribution < -0.4 is 5.32 Å². The predicted molar refractivity (Wildman–Crippen MR) is 59.4 cm³/mol. The summed E-state index contributed by atoms with van der Waals surface area (Å²) < 4.78 is 0.